The fourth-order valence-corrected chi connectivity index (χ4v) is 2.95. The van der Waals surface area contributed by atoms with Crippen molar-refractivity contribution >= 4 is 5.91 Å². The molecule has 2 aromatic rings. The summed E-state index contributed by atoms with van der Waals surface area (Å²) in [4.78, 5) is 14.6. The van der Waals surface area contributed by atoms with Crippen LogP contribution in [-0.4, -0.2) is 34.1 Å². The van der Waals surface area contributed by atoms with Gasteiger partial charge in [-0.25, -0.2) is 0 Å². The van der Waals surface area contributed by atoms with Crippen LogP contribution in [0.2, 0.25) is 0 Å². The van der Waals surface area contributed by atoms with Gasteiger partial charge in [-0.1, -0.05) is 6.07 Å². The van der Waals surface area contributed by atoms with Crippen LogP contribution in [0.15, 0.2) is 24.4 Å². The van der Waals surface area contributed by atoms with E-state index in [0.717, 1.165) is 53.9 Å². The van der Waals surface area contributed by atoms with E-state index >= 15 is 0 Å². The number of nitrogens with zero attached hydrogens (tertiary/aromatic N) is 2. The SMILES string of the molecule is Cc1ccc(C(=O)N2CCCCC2)cc1-c1cn[nH]c1C. The standard InChI is InChI=1S/C17H21N3O/c1-12-6-7-14(17(21)20-8-4-3-5-9-20)10-15(12)16-11-18-19-13(16)2/h6-7,10-11H,3-5,8-9H2,1-2H3,(H,18,19). The summed E-state index contributed by atoms with van der Waals surface area (Å²) < 4.78 is 0. The van der Waals surface area contributed by atoms with Gasteiger partial charge in [0.15, 0.2) is 0 Å². The number of nitrogens with one attached hydrogen (secondary N) is 1. The Balaban J connectivity index is 1.94. The van der Waals surface area contributed by atoms with Crippen molar-refractivity contribution in [2.75, 3.05) is 13.1 Å². The van der Waals surface area contributed by atoms with E-state index in [0.29, 0.717) is 0 Å². The van der Waals surface area contributed by atoms with E-state index in [4.69, 9.17) is 0 Å². The van der Waals surface area contributed by atoms with E-state index < -0.39 is 0 Å². The number of carbonyl (C=O) groups is 1. The molecule has 110 valence electrons. The molecule has 21 heavy (non-hydrogen) atoms. The molecule has 1 aromatic heterocycles. The number of benzene rings is 1. The predicted molar refractivity (Wildman–Crippen MR) is 83.3 cm³/mol. The van der Waals surface area contributed by atoms with Crippen LogP contribution in [-0.2, 0) is 0 Å². The van der Waals surface area contributed by atoms with E-state index in [9.17, 15) is 4.79 Å². The van der Waals surface area contributed by atoms with Crippen molar-refractivity contribution in [2.24, 2.45) is 0 Å². The highest BCUT2D eigenvalue weighted by Crippen LogP contribution is 2.27. The molecule has 1 amide bonds. The fraction of sp³-hybridized carbons (Fsp3) is 0.412. The number of rotatable bonds is 2. The first-order chi connectivity index (χ1) is 10.2. The Bertz CT molecular complexity index is 654. The van der Waals surface area contributed by atoms with Crippen LogP contribution in [0.4, 0.5) is 0 Å². The number of H-pyrrole nitrogens is 1. The molecule has 0 atom stereocenters. The lowest BCUT2D eigenvalue weighted by Gasteiger charge is -2.27. The Hall–Kier alpha value is -2.10. The second kappa shape index (κ2) is 5.72. The Labute approximate surface area is 125 Å². The second-order valence-corrected chi connectivity index (χ2v) is 5.79. The van der Waals surface area contributed by atoms with Crippen molar-refractivity contribution in [2.45, 2.75) is 33.1 Å². The van der Waals surface area contributed by atoms with E-state index in [-0.39, 0.29) is 5.91 Å². The van der Waals surface area contributed by atoms with Crippen LogP contribution >= 0.6 is 0 Å². The number of hydrogen-bond acceptors (Lipinski definition) is 2. The molecule has 0 spiro atoms. The molecule has 3 rings (SSSR count). The van der Waals surface area contributed by atoms with Crippen LogP contribution < -0.4 is 0 Å². The summed E-state index contributed by atoms with van der Waals surface area (Å²) in [6.45, 7) is 5.83. The first-order valence-corrected chi connectivity index (χ1v) is 7.57. The smallest absolute Gasteiger partial charge is 0.253 e. The number of piperidine rings is 1. The zero-order chi connectivity index (χ0) is 14.8. The molecule has 0 unspecified atom stereocenters. The maximum atomic E-state index is 12.6. The van der Waals surface area contributed by atoms with Gasteiger partial charge in [0.05, 0.1) is 6.20 Å². The summed E-state index contributed by atoms with van der Waals surface area (Å²) in [5.41, 5.74) is 5.12. The minimum absolute atomic E-state index is 0.150. The van der Waals surface area contributed by atoms with Crippen molar-refractivity contribution in [3.63, 3.8) is 0 Å². The lowest BCUT2D eigenvalue weighted by molar-refractivity contribution is 0.0724. The molecule has 1 fully saturated rings. The highest BCUT2D eigenvalue weighted by atomic mass is 16.2. The van der Waals surface area contributed by atoms with E-state index in [1.807, 2.05) is 36.2 Å². The minimum atomic E-state index is 0.150. The highest BCUT2D eigenvalue weighted by molar-refractivity contribution is 5.96. The van der Waals surface area contributed by atoms with Gasteiger partial charge >= 0.3 is 0 Å². The lowest BCUT2D eigenvalue weighted by Crippen LogP contribution is -2.35. The Morgan fingerprint density at radius 2 is 1.90 bits per heavy atom. The highest BCUT2D eigenvalue weighted by Gasteiger charge is 2.19. The molecule has 1 N–H and O–H groups in total. The zero-order valence-corrected chi connectivity index (χ0v) is 12.6. The molecule has 1 aliphatic heterocycles. The Kier molecular flexibility index (Phi) is 3.78. The second-order valence-electron chi connectivity index (χ2n) is 5.79. The van der Waals surface area contributed by atoms with Gasteiger partial charge in [-0.05, 0) is 56.4 Å². The molecule has 4 nitrogen and oxygen atoms in total. The summed E-state index contributed by atoms with van der Waals surface area (Å²) >= 11 is 0. The number of aryl methyl sites for hydroxylation is 2. The monoisotopic (exact) mass is 283 g/mol. The summed E-state index contributed by atoms with van der Waals surface area (Å²) in [5, 5.41) is 7.04. The maximum absolute atomic E-state index is 12.6. The topological polar surface area (TPSA) is 49.0 Å². The van der Waals surface area contributed by atoms with Gasteiger partial charge in [-0.15, -0.1) is 0 Å². The molecule has 1 aromatic carbocycles. The molecule has 1 saturated heterocycles. The van der Waals surface area contributed by atoms with E-state index in [1.54, 1.807) is 0 Å². The van der Waals surface area contributed by atoms with Gasteiger partial charge in [0.25, 0.3) is 5.91 Å². The van der Waals surface area contributed by atoms with Gasteiger partial charge in [0, 0.05) is 29.9 Å². The molecule has 4 heteroatoms. The molecule has 2 heterocycles. The van der Waals surface area contributed by atoms with Crippen LogP contribution in [0.1, 0.15) is 40.9 Å². The quantitative estimate of drug-likeness (QED) is 0.919. The summed E-state index contributed by atoms with van der Waals surface area (Å²) in [6.07, 6.45) is 5.29. The predicted octanol–water partition coefficient (Wildman–Crippen LogP) is 3.32. The largest absolute Gasteiger partial charge is 0.339 e. The van der Waals surface area contributed by atoms with Crippen LogP contribution in [0, 0.1) is 13.8 Å². The Morgan fingerprint density at radius 1 is 1.14 bits per heavy atom. The molecule has 0 bridgehead atoms. The lowest BCUT2D eigenvalue weighted by atomic mass is 9.98. The molecular formula is C17H21N3O. The van der Waals surface area contributed by atoms with E-state index in [2.05, 4.69) is 17.1 Å². The molecule has 0 aliphatic carbocycles. The number of amides is 1. The van der Waals surface area contributed by atoms with Crippen molar-refractivity contribution < 1.29 is 4.79 Å². The summed E-state index contributed by atoms with van der Waals surface area (Å²) in [6, 6.07) is 5.97. The van der Waals surface area contributed by atoms with Crippen molar-refractivity contribution in [3.05, 3.63) is 41.2 Å². The third-order valence-electron chi connectivity index (χ3n) is 4.25. The average molecular weight is 283 g/mol. The van der Waals surface area contributed by atoms with Crippen LogP contribution in [0.5, 0.6) is 0 Å². The number of likely N-dealkylation sites (tertiary alicyclic amines) is 1. The van der Waals surface area contributed by atoms with Gasteiger partial charge in [-0.3, -0.25) is 9.89 Å². The van der Waals surface area contributed by atoms with Gasteiger partial charge in [0.1, 0.15) is 0 Å². The van der Waals surface area contributed by atoms with Crippen LogP contribution in [0.3, 0.4) is 0 Å². The van der Waals surface area contributed by atoms with Crippen molar-refractivity contribution in [1.29, 1.82) is 0 Å². The first-order valence-electron chi connectivity index (χ1n) is 7.57. The maximum Gasteiger partial charge on any atom is 0.253 e. The van der Waals surface area contributed by atoms with Crippen molar-refractivity contribution in [3.8, 4) is 11.1 Å². The average Bonchev–Trinajstić information content (AvgIpc) is 2.94. The summed E-state index contributed by atoms with van der Waals surface area (Å²) in [7, 11) is 0. The molecule has 1 aliphatic rings. The number of aromatic nitrogens is 2. The first kappa shape index (κ1) is 13.9. The molecular weight excluding hydrogens is 262 g/mol. The normalized spacial score (nSPS) is 15.2. The van der Waals surface area contributed by atoms with Gasteiger partial charge < -0.3 is 4.90 Å². The van der Waals surface area contributed by atoms with Gasteiger partial charge in [-0.2, -0.15) is 5.10 Å². The molecule has 0 radical (unpaired) electrons. The number of carbonyl (C=O) groups excluding carboxylic acids is 1. The number of aromatic amines is 1. The minimum Gasteiger partial charge on any atom is -0.339 e. The Morgan fingerprint density at radius 3 is 2.57 bits per heavy atom. The third kappa shape index (κ3) is 2.71. The molecule has 0 saturated carbocycles. The van der Waals surface area contributed by atoms with Gasteiger partial charge in [0.2, 0.25) is 0 Å². The third-order valence-corrected chi connectivity index (χ3v) is 4.25. The van der Waals surface area contributed by atoms with Crippen LogP contribution in [0.25, 0.3) is 11.1 Å². The van der Waals surface area contributed by atoms with Crippen molar-refractivity contribution in [1.82, 2.24) is 15.1 Å². The van der Waals surface area contributed by atoms with E-state index in [1.165, 1.54) is 6.42 Å². The summed E-state index contributed by atoms with van der Waals surface area (Å²) in [5.74, 6) is 0.150. The fourth-order valence-electron chi connectivity index (χ4n) is 2.95. The number of hydrogen-bond donors (Lipinski definition) is 1. The zero-order valence-electron chi connectivity index (χ0n) is 12.6.